The number of halogens is 1. The average molecular weight is 332 g/mol. The molecule has 5 heteroatoms. The molecule has 1 aromatic carbocycles. The third-order valence-corrected chi connectivity index (χ3v) is 5.14. The van der Waals surface area contributed by atoms with Gasteiger partial charge in [0.1, 0.15) is 5.82 Å². The quantitative estimate of drug-likeness (QED) is 0.924. The Morgan fingerprint density at radius 1 is 1.04 bits per heavy atom. The summed E-state index contributed by atoms with van der Waals surface area (Å²) in [7, 11) is 0. The second-order valence-electron chi connectivity index (χ2n) is 6.91. The number of carbonyl (C=O) groups excluding carboxylic acids is 2. The van der Waals surface area contributed by atoms with Gasteiger partial charge in [-0.25, -0.2) is 4.39 Å². The van der Waals surface area contributed by atoms with Crippen LogP contribution in [0.5, 0.6) is 0 Å². The molecule has 1 saturated heterocycles. The van der Waals surface area contributed by atoms with Gasteiger partial charge in [-0.3, -0.25) is 9.59 Å². The Bertz CT molecular complexity index is 599. The van der Waals surface area contributed by atoms with Crippen LogP contribution in [0.15, 0.2) is 24.3 Å². The molecule has 24 heavy (non-hydrogen) atoms. The van der Waals surface area contributed by atoms with Crippen LogP contribution in [-0.4, -0.2) is 35.8 Å². The molecule has 1 aliphatic heterocycles. The molecule has 1 heterocycles. The standard InChI is InChI=1S/C19H25FN2O2/c20-17-11-5-4-10-16(17)19(24)22-12-6-7-14(13-22)18(23)21-15-8-2-1-3-9-15/h4-5,10-11,14-15H,1-3,6-9,12-13H2,(H,21,23)/t14-/m0/s1. The molecular weight excluding hydrogens is 307 g/mol. The molecule has 1 saturated carbocycles. The van der Waals surface area contributed by atoms with E-state index in [1.165, 1.54) is 31.4 Å². The van der Waals surface area contributed by atoms with Crippen LogP contribution in [0.1, 0.15) is 55.3 Å². The molecule has 1 aliphatic carbocycles. The van der Waals surface area contributed by atoms with Crippen LogP contribution in [0.2, 0.25) is 0 Å². The fourth-order valence-electron chi connectivity index (χ4n) is 3.75. The molecule has 130 valence electrons. The molecule has 0 radical (unpaired) electrons. The molecule has 2 fully saturated rings. The van der Waals surface area contributed by atoms with Gasteiger partial charge >= 0.3 is 0 Å². The summed E-state index contributed by atoms with van der Waals surface area (Å²) in [4.78, 5) is 26.7. The second kappa shape index (κ2) is 7.77. The highest BCUT2D eigenvalue weighted by Crippen LogP contribution is 2.22. The summed E-state index contributed by atoms with van der Waals surface area (Å²) < 4.78 is 13.8. The van der Waals surface area contributed by atoms with E-state index in [1.807, 2.05) is 0 Å². The number of rotatable bonds is 3. The van der Waals surface area contributed by atoms with Crippen molar-refractivity contribution in [2.45, 2.75) is 51.0 Å². The van der Waals surface area contributed by atoms with E-state index in [0.29, 0.717) is 13.1 Å². The zero-order valence-corrected chi connectivity index (χ0v) is 14.0. The third-order valence-electron chi connectivity index (χ3n) is 5.14. The van der Waals surface area contributed by atoms with E-state index in [-0.39, 0.29) is 29.3 Å². The lowest BCUT2D eigenvalue weighted by atomic mass is 9.92. The summed E-state index contributed by atoms with van der Waals surface area (Å²) in [5.41, 5.74) is 0.0887. The molecule has 3 rings (SSSR count). The van der Waals surface area contributed by atoms with Crippen LogP contribution >= 0.6 is 0 Å². The van der Waals surface area contributed by atoms with Crippen molar-refractivity contribution in [2.75, 3.05) is 13.1 Å². The van der Waals surface area contributed by atoms with E-state index >= 15 is 0 Å². The first-order valence-electron chi connectivity index (χ1n) is 8.99. The van der Waals surface area contributed by atoms with Gasteiger partial charge in [0, 0.05) is 19.1 Å². The van der Waals surface area contributed by atoms with Gasteiger partial charge in [0.05, 0.1) is 11.5 Å². The number of piperidine rings is 1. The molecule has 1 N–H and O–H groups in total. The molecule has 4 nitrogen and oxygen atoms in total. The summed E-state index contributed by atoms with van der Waals surface area (Å²) in [6.07, 6.45) is 7.27. The maximum Gasteiger partial charge on any atom is 0.256 e. The van der Waals surface area contributed by atoms with E-state index < -0.39 is 5.82 Å². The fourth-order valence-corrected chi connectivity index (χ4v) is 3.75. The van der Waals surface area contributed by atoms with Gasteiger partial charge in [-0.1, -0.05) is 31.4 Å². The lowest BCUT2D eigenvalue weighted by Crippen LogP contribution is -2.48. The Labute approximate surface area is 142 Å². The van der Waals surface area contributed by atoms with E-state index in [4.69, 9.17) is 0 Å². The Kier molecular flexibility index (Phi) is 5.48. The first kappa shape index (κ1) is 16.9. The highest BCUT2D eigenvalue weighted by Gasteiger charge is 2.30. The highest BCUT2D eigenvalue weighted by molar-refractivity contribution is 5.95. The lowest BCUT2D eigenvalue weighted by Gasteiger charge is -2.33. The number of likely N-dealkylation sites (tertiary alicyclic amines) is 1. The minimum atomic E-state index is -0.503. The number of hydrogen-bond donors (Lipinski definition) is 1. The van der Waals surface area contributed by atoms with Crippen molar-refractivity contribution in [3.8, 4) is 0 Å². The number of benzene rings is 1. The minimum Gasteiger partial charge on any atom is -0.353 e. The van der Waals surface area contributed by atoms with Crippen LogP contribution in [-0.2, 0) is 4.79 Å². The first-order valence-corrected chi connectivity index (χ1v) is 8.99. The van der Waals surface area contributed by atoms with Crippen molar-refractivity contribution in [2.24, 2.45) is 5.92 Å². The maximum absolute atomic E-state index is 13.8. The van der Waals surface area contributed by atoms with Crippen LogP contribution in [0.25, 0.3) is 0 Å². The summed E-state index contributed by atoms with van der Waals surface area (Å²) in [5, 5.41) is 3.15. The number of hydrogen-bond acceptors (Lipinski definition) is 2. The molecule has 1 atom stereocenters. The Morgan fingerprint density at radius 3 is 2.54 bits per heavy atom. The molecule has 2 aliphatic rings. The molecule has 0 unspecified atom stereocenters. The number of carbonyl (C=O) groups is 2. The van der Waals surface area contributed by atoms with Crippen LogP contribution in [0.4, 0.5) is 4.39 Å². The van der Waals surface area contributed by atoms with E-state index in [9.17, 15) is 14.0 Å². The van der Waals surface area contributed by atoms with E-state index in [1.54, 1.807) is 17.0 Å². The van der Waals surface area contributed by atoms with Gasteiger partial charge < -0.3 is 10.2 Å². The number of nitrogens with zero attached hydrogens (tertiary/aromatic N) is 1. The Hall–Kier alpha value is -1.91. The number of nitrogens with one attached hydrogen (secondary N) is 1. The molecule has 0 aromatic heterocycles. The predicted molar refractivity (Wildman–Crippen MR) is 90.0 cm³/mol. The van der Waals surface area contributed by atoms with Crippen LogP contribution < -0.4 is 5.32 Å². The maximum atomic E-state index is 13.8. The van der Waals surface area contributed by atoms with Crippen molar-refractivity contribution in [1.82, 2.24) is 10.2 Å². The van der Waals surface area contributed by atoms with Gasteiger partial charge in [-0.15, -0.1) is 0 Å². The van der Waals surface area contributed by atoms with Gasteiger partial charge in [0.15, 0.2) is 0 Å². The molecule has 0 spiro atoms. The summed E-state index contributed by atoms with van der Waals surface area (Å²) in [6, 6.07) is 6.31. The third kappa shape index (κ3) is 3.94. The lowest BCUT2D eigenvalue weighted by molar-refractivity contribution is -0.127. The fraction of sp³-hybridized carbons (Fsp3) is 0.579. The second-order valence-corrected chi connectivity index (χ2v) is 6.91. The smallest absolute Gasteiger partial charge is 0.256 e. The Balaban J connectivity index is 1.60. The summed E-state index contributed by atoms with van der Waals surface area (Å²) >= 11 is 0. The topological polar surface area (TPSA) is 49.4 Å². The van der Waals surface area contributed by atoms with Crippen molar-refractivity contribution >= 4 is 11.8 Å². The van der Waals surface area contributed by atoms with E-state index in [0.717, 1.165) is 25.7 Å². The average Bonchev–Trinajstić information content (AvgIpc) is 2.62. The summed E-state index contributed by atoms with van der Waals surface area (Å²) in [6.45, 7) is 0.964. The zero-order chi connectivity index (χ0) is 16.9. The Morgan fingerprint density at radius 2 is 1.79 bits per heavy atom. The largest absolute Gasteiger partial charge is 0.353 e. The molecule has 2 amide bonds. The molecule has 0 bridgehead atoms. The van der Waals surface area contributed by atoms with Crippen LogP contribution in [0, 0.1) is 11.7 Å². The first-order chi connectivity index (χ1) is 11.6. The van der Waals surface area contributed by atoms with Crippen molar-refractivity contribution in [1.29, 1.82) is 0 Å². The van der Waals surface area contributed by atoms with Gasteiger partial charge in [0.25, 0.3) is 5.91 Å². The van der Waals surface area contributed by atoms with Gasteiger partial charge in [0.2, 0.25) is 5.91 Å². The van der Waals surface area contributed by atoms with Crippen molar-refractivity contribution < 1.29 is 14.0 Å². The van der Waals surface area contributed by atoms with Crippen LogP contribution in [0.3, 0.4) is 0 Å². The minimum absolute atomic E-state index is 0.0490. The molecular formula is C19H25FN2O2. The normalized spacial score (nSPS) is 22.2. The SMILES string of the molecule is O=C(NC1CCCCC1)[C@H]1CCCN(C(=O)c2ccccc2F)C1. The predicted octanol–water partition coefficient (Wildman–Crippen LogP) is 3.13. The van der Waals surface area contributed by atoms with Crippen molar-refractivity contribution in [3.05, 3.63) is 35.6 Å². The van der Waals surface area contributed by atoms with Gasteiger partial charge in [-0.05, 0) is 37.8 Å². The molecule has 1 aromatic rings. The summed E-state index contributed by atoms with van der Waals surface area (Å²) in [5.74, 6) is -0.955. The van der Waals surface area contributed by atoms with E-state index in [2.05, 4.69) is 5.32 Å². The number of amides is 2. The highest BCUT2D eigenvalue weighted by atomic mass is 19.1. The zero-order valence-electron chi connectivity index (χ0n) is 14.0. The van der Waals surface area contributed by atoms with Crippen molar-refractivity contribution in [3.63, 3.8) is 0 Å². The van der Waals surface area contributed by atoms with Gasteiger partial charge in [-0.2, -0.15) is 0 Å². The monoisotopic (exact) mass is 332 g/mol.